The predicted molar refractivity (Wildman–Crippen MR) is 90.1 cm³/mol. The summed E-state index contributed by atoms with van der Waals surface area (Å²) >= 11 is 6.82. The van der Waals surface area contributed by atoms with E-state index in [1.807, 2.05) is 42.5 Å². The average molecular weight is 410 g/mol. The van der Waals surface area contributed by atoms with Crippen molar-refractivity contribution < 1.29 is 9.13 Å². The largest absolute Gasteiger partial charge is 0.488 e. The molecule has 4 heteroatoms. The van der Waals surface area contributed by atoms with Gasteiger partial charge in [0.05, 0.1) is 8.95 Å². The van der Waals surface area contributed by atoms with Gasteiger partial charge in [0.2, 0.25) is 0 Å². The van der Waals surface area contributed by atoms with Gasteiger partial charge in [-0.1, -0.05) is 42.5 Å². The van der Waals surface area contributed by atoms with Crippen molar-refractivity contribution in [1.82, 2.24) is 0 Å². The Hall–Kier alpha value is -1.39. The molecule has 1 nitrogen and oxygen atoms in total. The van der Waals surface area contributed by atoms with Crippen molar-refractivity contribution in [1.29, 1.82) is 0 Å². The highest BCUT2D eigenvalue weighted by atomic mass is 79.9. The number of fused-ring (bicyclic) bond motifs is 1. The third-order valence-corrected chi connectivity index (χ3v) is 4.95. The molecule has 0 aliphatic carbocycles. The van der Waals surface area contributed by atoms with Crippen molar-refractivity contribution in [3.63, 3.8) is 0 Å². The van der Waals surface area contributed by atoms with Gasteiger partial charge < -0.3 is 4.74 Å². The third kappa shape index (κ3) is 2.97. The molecule has 3 rings (SSSR count). The summed E-state index contributed by atoms with van der Waals surface area (Å²) in [5, 5.41) is 2.23. The minimum absolute atomic E-state index is 0.284. The highest BCUT2D eigenvalue weighted by Gasteiger charge is 2.09. The van der Waals surface area contributed by atoms with E-state index < -0.39 is 0 Å². The maximum absolute atomic E-state index is 13.5. The van der Waals surface area contributed by atoms with E-state index in [0.717, 1.165) is 26.6 Å². The Bertz CT molecular complexity index is 802. The zero-order valence-electron chi connectivity index (χ0n) is 10.9. The molecule has 0 amide bonds. The van der Waals surface area contributed by atoms with Crippen molar-refractivity contribution in [3.8, 4) is 5.75 Å². The SMILES string of the molecule is Fc1cccc(COc2ccc3ccccc3c2Br)c1Br. The minimum Gasteiger partial charge on any atom is -0.488 e. The van der Waals surface area contributed by atoms with Gasteiger partial charge in [-0.2, -0.15) is 0 Å². The number of rotatable bonds is 3. The van der Waals surface area contributed by atoms with Crippen LogP contribution in [-0.4, -0.2) is 0 Å². The normalized spacial score (nSPS) is 10.8. The summed E-state index contributed by atoms with van der Waals surface area (Å²) in [7, 11) is 0. The van der Waals surface area contributed by atoms with Crippen LogP contribution >= 0.6 is 31.9 Å². The fraction of sp³-hybridized carbons (Fsp3) is 0.0588. The molecular weight excluding hydrogens is 399 g/mol. The van der Waals surface area contributed by atoms with E-state index in [-0.39, 0.29) is 5.82 Å². The van der Waals surface area contributed by atoms with Crippen LogP contribution in [0.4, 0.5) is 4.39 Å². The molecule has 0 bridgehead atoms. The van der Waals surface area contributed by atoms with E-state index in [1.54, 1.807) is 6.07 Å². The highest BCUT2D eigenvalue weighted by Crippen LogP contribution is 2.34. The first kappa shape index (κ1) is 14.5. The second-order valence-electron chi connectivity index (χ2n) is 4.60. The van der Waals surface area contributed by atoms with Crippen molar-refractivity contribution >= 4 is 42.6 Å². The molecule has 3 aromatic carbocycles. The Morgan fingerprint density at radius 3 is 2.52 bits per heavy atom. The van der Waals surface area contributed by atoms with Crippen LogP contribution in [-0.2, 0) is 6.61 Å². The van der Waals surface area contributed by atoms with Crippen LogP contribution in [0, 0.1) is 5.82 Å². The summed E-state index contributed by atoms with van der Waals surface area (Å²) in [6.07, 6.45) is 0. The summed E-state index contributed by atoms with van der Waals surface area (Å²) in [5.74, 6) is 0.457. The fourth-order valence-electron chi connectivity index (χ4n) is 2.14. The van der Waals surface area contributed by atoms with Crippen molar-refractivity contribution in [3.05, 3.63) is 74.9 Å². The van der Waals surface area contributed by atoms with E-state index >= 15 is 0 Å². The van der Waals surface area contributed by atoms with Gasteiger partial charge in [-0.25, -0.2) is 4.39 Å². The minimum atomic E-state index is -0.284. The van der Waals surface area contributed by atoms with Gasteiger partial charge in [-0.15, -0.1) is 0 Å². The lowest BCUT2D eigenvalue weighted by atomic mass is 10.1. The van der Waals surface area contributed by atoms with Crippen LogP contribution in [0.1, 0.15) is 5.56 Å². The number of ether oxygens (including phenoxy) is 1. The van der Waals surface area contributed by atoms with E-state index in [4.69, 9.17) is 4.74 Å². The third-order valence-electron chi connectivity index (χ3n) is 3.24. The number of hydrogen-bond acceptors (Lipinski definition) is 1. The van der Waals surface area contributed by atoms with Crippen molar-refractivity contribution in [2.24, 2.45) is 0 Å². The topological polar surface area (TPSA) is 9.23 Å². The molecule has 3 aromatic rings. The molecule has 21 heavy (non-hydrogen) atoms. The number of benzene rings is 3. The maximum atomic E-state index is 13.5. The van der Waals surface area contributed by atoms with Gasteiger partial charge in [0, 0.05) is 5.56 Å². The zero-order chi connectivity index (χ0) is 14.8. The van der Waals surface area contributed by atoms with E-state index in [2.05, 4.69) is 31.9 Å². The lowest BCUT2D eigenvalue weighted by Crippen LogP contribution is -1.98. The average Bonchev–Trinajstić information content (AvgIpc) is 2.51. The van der Waals surface area contributed by atoms with Crippen LogP contribution < -0.4 is 4.74 Å². The smallest absolute Gasteiger partial charge is 0.137 e. The standard InChI is InChI=1S/C17H11Br2FO/c18-16-12(5-3-7-14(16)20)10-21-15-9-8-11-4-1-2-6-13(11)17(15)19/h1-9H,10H2. The summed E-state index contributed by atoms with van der Waals surface area (Å²) in [4.78, 5) is 0. The van der Waals surface area contributed by atoms with Crippen LogP contribution in [0.2, 0.25) is 0 Å². The molecule has 0 radical (unpaired) electrons. The van der Waals surface area contributed by atoms with Crippen molar-refractivity contribution in [2.45, 2.75) is 6.61 Å². The number of hydrogen-bond donors (Lipinski definition) is 0. The first-order valence-corrected chi connectivity index (χ1v) is 7.98. The highest BCUT2D eigenvalue weighted by molar-refractivity contribution is 9.11. The van der Waals surface area contributed by atoms with Gasteiger partial charge in [0.15, 0.2) is 0 Å². The van der Waals surface area contributed by atoms with Gasteiger partial charge >= 0.3 is 0 Å². The monoisotopic (exact) mass is 408 g/mol. The van der Waals surface area contributed by atoms with Crippen LogP contribution in [0.15, 0.2) is 63.5 Å². The number of halogens is 3. The van der Waals surface area contributed by atoms with Gasteiger partial charge in [0.1, 0.15) is 18.2 Å². The summed E-state index contributed by atoms with van der Waals surface area (Å²) in [6, 6.07) is 16.9. The Morgan fingerprint density at radius 1 is 0.857 bits per heavy atom. The lowest BCUT2D eigenvalue weighted by Gasteiger charge is -2.11. The lowest BCUT2D eigenvalue weighted by molar-refractivity contribution is 0.303. The van der Waals surface area contributed by atoms with Crippen LogP contribution in [0.3, 0.4) is 0 Å². The summed E-state index contributed by atoms with van der Waals surface area (Å²) in [6.45, 7) is 0.301. The molecular formula is C17H11Br2FO. The van der Waals surface area contributed by atoms with Gasteiger partial charge in [0.25, 0.3) is 0 Å². The maximum Gasteiger partial charge on any atom is 0.137 e. The Labute approximate surface area is 139 Å². The Morgan fingerprint density at radius 2 is 1.67 bits per heavy atom. The first-order chi connectivity index (χ1) is 10.2. The molecule has 0 spiro atoms. The van der Waals surface area contributed by atoms with Crippen LogP contribution in [0.25, 0.3) is 10.8 Å². The molecule has 0 unspecified atom stereocenters. The quantitative estimate of drug-likeness (QED) is 0.509. The second kappa shape index (κ2) is 6.16. The molecule has 0 saturated heterocycles. The van der Waals surface area contributed by atoms with Crippen LogP contribution in [0.5, 0.6) is 5.75 Å². The molecule has 0 atom stereocenters. The first-order valence-electron chi connectivity index (χ1n) is 6.40. The summed E-state index contributed by atoms with van der Waals surface area (Å²) in [5.41, 5.74) is 0.773. The molecule has 106 valence electrons. The Kier molecular flexibility index (Phi) is 4.27. The molecule has 0 fully saturated rings. The van der Waals surface area contributed by atoms with Gasteiger partial charge in [-0.3, -0.25) is 0 Å². The van der Waals surface area contributed by atoms with E-state index in [9.17, 15) is 4.39 Å². The second-order valence-corrected chi connectivity index (χ2v) is 6.19. The molecule has 0 N–H and O–H groups in total. The molecule has 0 aliphatic rings. The molecule has 0 heterocycles. The Balaban J connectivity index is 1.89. The molecule has 0 aliphatic heterocycles. The molecule has 0 aromatic heterocycles. The van der Waals surface area contributed by atoms with Gasteiger partial charge in [-0.05, 0) is 54.8 Å². The van der Waals surface area contributed by atoms with E-state index in [1.165, 1.54) is 6.07 Å². The fourth-order valence-corrected chi connectivity index (χ4v) is 3.13. The van der Waals surface area contributed by atoms with E-state index in [0.29, 0.717) is 11.1 Å². The van der Waals surface area contributed by atoms with Crippen molar-refractivity contribution in [2.75, 3.05) is 0 Å². The molecule has 0 saturated carbocycles. The zero-order valence-corrected chi connectivity index (χ0v) is 14.1. The predicted octanol–water partition coefficient (Wildman–Crippen LogP) is 6.08. The summed E-state index contributed by atoms with van der Waals surface area (Å²) < 4.78 is 20.7.